The van der Waals surface area contributed by atoms with Gasteiger partial charge in [0.1, 0.15) is 11.9 Å². The second-order valence-electron chi connectivity index (χ2n) is 3.97. The first-order chi connectivity index (χ1) is 8.95. The van der Waals surface area contributed by atoms with Gasteiger partial charge >= 0.3 is 5.97 Å². The maximum absolute atomic E-state index is 11.7. The molecule has 0 saturated heterocycles. The van der Waals surface area contributed by atoms with Crippen LogP contribution in [-0.4, -0.2) is 34.7 Å². The van der Waals surface area contributed by atoms with E-state index in [9.17, 15) is 19.8 Å². The van der Waals surface area contributed by atoms with Gasteiger partial charge in [-0.3, -0.25) is 4.79 Å². The van der Waals surface area contributed by atoms with Crippen LogP contribution in [0, 0.1) is 0 Å². The Morgan fingerprint density at radius 2 is 1.89 bits per heavy atom. The summed E-state index contributed by atoms with van der Waals surface area (Å²) >= 11 is 0. The number of aromatic hydroxyl groups is 1. The molecule has 0 aliphatic rings. The fourth-order valence-electron chi connectivity index (χ4n) is 1.58. The van der Waals surface area contributed by atoms with Gasteiger partial charge in [0.25, 0.3) is 0 Å². The van der Waals surface area contributed by atoms with E-state index < -0.39 is 24.0 Å². The zero-order valence-corrected chi connectivity index (χ0v) is 10.8. The minimum Gasteiger partial charge on any atom is -0.508 e. The van der Waals surface area contributed by atoms with Crippen molar-refractivity contribution in [2.75, 3.05) is 6.61 Å². The van der Waals surface area contributed by atoms with Crippen molar-refractivity contribution >= 4 is 11.9 Å². The van der Waals surface area contributed by atoms with Crippen LogP contribution in [-0.2, 0) is 14.3 Å². The predicted octanol–water partition coefficient (Wildman–Crippen LogP) is 0.493. The summed E-state index contributed by atoms with van der Waals surface area (Å²) in [7, 11) is 0. The third-order valence-corrected chi connectivity index (χ3v) is 2.45. The molecule has 0 unspecified atom stereocenters. The topological polar surface area (TPSA) is 95.9 Å². The first-order valence-electron chi connectivity index (χ1n) is 5.86. The normalized spacial score (nSPS) is 13.4. The molecule has 0 heterocycles. The van der Waals surface area contributed by atoms with Crippen molar-refractivity contribution < 1.29 is 24.5 Å². The highest BCUT2D eigenvalue weighted by atomic mass is 16.5. The van der Waals surface area contributed by atoms with Crippen LogP contribution in [0.15, 0.2) is 24.3 Å². The van der Waals surface area contributed by atoms with Crippen molar-refractivity contribution in [3.63, 3.8) is 0 Å². The molecule has 0 radical (unpaired) electrons. The van der Waals surface area contributed by atoms with Gasteiger partial charge in [-0.25, -0.2) is 4.79 Å². The van der Waals surface area contributed by atoms with Crippen LogP contribution in [0.5, 0.6) is 5.75 Å². The van der Waals surface area contributed by atoms with E-state index in [1.807, 2.05) is 0 Å². The summed E-state index contributed by atoms with van der Waals surface area (Å²) in [6.45, 7) is 3.03. The Balaban J connectivity index is 2.92. The number of ether oxygens (including phenoxy) is 1. The largest absolute Gasteiger partial charge is 0.508 e. The molecule has 0 spiro atoms. The van der Waals surface area contributed by atoms with Gasteiger partial charge in [-0.15, -0.1) is 0 Å². The Morgan fingerprint density at radius 1 is 1.32 bits per heavy atom. The molecule has 1 aromatic rings. The summed E-state index contributed by atoms with van der Waals surface area (Å²) in [5.74, 6) is -1.11. The number of rotatable bonds is 5. The summed E-state index contributed by atoms with van der Waals surface area (Å²) in [5, 5.41) is 21.6. The summed E-state index contributed by atoms with van der Waals surface area (Å²) in [6, 6.07) is 4.52. The first-order valence-corrected chi connectivity index (χ1v) is 5.86. The quantitative estimate of drug-likeness (QED) is 0.675. The van der Waals surface area contributed by atoms with Gasteiger partial charge in [0.15, 0.2) is 6.04 Å². The Kier molecular flexibility index (Phi) is 5.32. The molecule has 1 amide bonds. The Morgan fingerprint density at radius 3 is 2.37 bits per heavy atom. The van der Waals surface area contributed by atoms with Crippen molar-refractivity contribution in [2.24, 2.45) is 0 Å². The number of benzene rings is 1. The van der Waals surface area contributed by atoms with Crippen LogP contribution in [0.4, 0.5) is 0 Å². The van der Waals surface area contributed by atoms with Gasteiger partial charge in [-0.05, 0) is 24.6 Å². The van der Waals surface area contributed by atoms with Gasteiger partial charge in [-0.1, -0.05) is 12.1 Å². The minimum absolute atomic E-state index is 0.0446. The van der Waals surface area contributed by atoms with Gasteiger partial charge in [0.05, 0.1) is 6.61 Å². The van der Waals surface area contributed by atoms with Gasteiger partial charge in [0, 0.05) is 6.92 Å². The average molecular weight is 267 g/mol. The molecule has 1 aromatic carbocycles. The van der Waals surface area contributed by atoms with E-state index in [1.165, 1.54) is 31.2 Å². The van der Waals surface area contributed by atoms with Crippen molar-refractivity contribution in [3.8, 4) is 5.75 Å². The van der Waals surface area contributed by atoms with Crippen molar-refractivity contribution in [1.29, 1.82) is 0 Å². The number of carbonyl (C=O) groups excluding carboxylic acids is 2. The molecule has 0 aromatic heterocycles. The van der Waals surface area contributed by atoms with E-state index in [0.717, 1.165) is 0 Å². The second kappa shape index (κ2) is 6.75. The highest BCUT2D eigenvalue weighted by molar-refractivity contribution is 5.84. The molecule has 2 atom stereocenters. The number of aliphatic hydroxyl groups is 1. The maximum Gasteiger partial charge on any atom is 0.331 e. The number of carbonyl (C=O) groups is 2. The number of amides is 1. The van der Waals surface area contributed by atoms with Crippen molar-refractivity contribution in [3.05, 3.63) is 29.8 Å². The van der Waals surface area contributed by atoms with Crippen LogP contribution in [0.2, 0.25) is 0 Å². The minimum atomic E-state index is -1.25. The smallest absolute Gasteiger partial charge is 0.331 e. The summed E-state index contributed by atoms with van der Waals surface area (Å²) in [5.41, 5.74) is 0.393. The molecule has 19 heavy (non-hydrogen) atoms. The van der Waals surface area contributed by atoms with Crippen LogP contribution < -0.4 is 5.32 Å². The molecule has 6 heteroatoms. The molecule has 0 bridgehead atoms. The molecular formula is C13H17NO5. The number of nitrogens with one attached hydrogen (secondary N) is 1. The Labute approximate surface area is 111 Å². The Bertz CT molecular complexity index is 443. The third-order valence-electron chi connectivity index (χ3n) is 2.45. The van der Waals surface area contributed by atoms with E-state index in [1.54, 1.807) is 6.92 Å². The SMILES string of the molecule is CCOC(=O)[C@H](NC(C)=O)[C@H](O)c1ccc(O)cc1. The molecule has 0 aliphatic carbocycles. The van der Waals surface area contributed by atoms with Gasteiger partial charge in [0.2, 0.25) is 5.91 Å². The highest BCUT2D eigenvalue weighted by Crippen LogP contribution is 2.20. The fourth-order valence-corrected chi connectivity index (χ4v) is 1.58. The van der Waals surface area contributed by atoms with Crippen molar-refractivity contribution in [2.45, 2.75) is 26.0 Å². The number of phenolic OH excluding ortho intramolecular Hbond substituents is 1. The van der Waals surface area contributed by atoms with E-state index in [4.69, 9.17) is 4.74 Å². The fraction of sp³-hybridized carbons (Fsp3) is 0.385. The summed E-state index contributed by atoms with van der Waals surface area (Å²) in [6.07, 6.45) is -1.25. The summed E-state index contributed by atoms with van der Waals surface area (Å²) < 4.78 is 4.81. The number of hydrogen-bond donors (Lipinski definition) is 3. The van der Waals surface area contributed by atoms with Crippen LogP contribution in [0.1, 0.15) is 25.5 Å². The monoisotopic (exact) mass is 267 g/mol. The molecule has 104 valence electrons. The molecule has 0 aliphatic heterocycles. The standard InChI is InChI=1S/C13H17NO5/c1-3-19-13(18)11(14-8(2)15)12(17)9-4-6-10(16)7-5-9/h4-7,11-12,16-17H,3H2,1-2H3,(H,14,15)/t11-,12-/m1/s1. The lowest BCUT2D eigenvalue weighted by Gasteiger charge is -2.22. The third kappa shape index (κ3) is 4.26. The highest BCUT2D eigenvalue weighted by Gasteiger charge is 2.30. The number of phenols is 1. The number of esters is 1. The molecule has 3 N–H and O–H groups in total. The molecular weight excluding hydrogens is 250 g/mol. The Hall–Kier alpha value is -2.08. The second-order valence-corrected chi connectivity index (χ2v) is 3.97. The van der Waals surface area contributed by atoms with E-state index >= 15 is 0 Å². The van der Waals surface area contributed by atoms with E-state index in [-0.39, 0.29) is 12.4 Å². The number of hydrogen-bond acceptors (Lipinski definition) is 5. The summed E-state index contributed by atoms with van der Waals surface area (Å²) in [4.78, 5) is 22.8. The zero-order valence-electron chi connectivity index (χ0n) is 10.8. The number of aliphatic hydroxyl groups excluding tert-OH is 1. The van der Waals surface area contributed by atoms with Gasteiger partial charge < -0.3 is 20.3 Å². The van der Waals surface area contributed by atoms with Crippen molar-refractivity contribution in [1.82, 2.24) is 5.32 Å². The zero-order chi connectivity index (χ0) is 14.4. The van der Waals surface area contributed by atoms with E-state index in [2.05, 4.69) is 5.32 Å². The lowest BCUT2D eigenvalue weighted by atomic mass is 10.0. The van der Waals surface area contributed by atoms with Crippen LogP contribution in [0.3, 0.4) is 0 Å². The lowest BCUT2D eigenvalue weighted by molar-refractivity contribution is -0.150. The van der Waals surface area contributed by atoms with E-state index in [0.29, 0.717) is 5.56 Å². The first kappa shape index (κ1) is 15.0. The maximum atomic E-state index is 11.7. The van der Waals surface area contributed by atoms with Crippen LogP contribution in [0.25, 0.3) is 0 Å². The molecule has 6 nitrogen and oxygen atoms in total. The molecule has 0 saturated carbocycles. The van der Waals surface area contributed by atoms with Crippen LogP contribution >= 0.6 is 0 Å². The molecule has 1 rings (SSSR count). The average Bonchev–Trinajstić information content (AvgIpc) is 2.36. The van der Waals surface area contributed by atoms with Gasteiger partial charge in [-0.2, -0.15) is 0 Å². The molecule has 0 fully saturated rings. The predicted molar refractivity (Wildman–Crippen MR) is 67.3 cm³/mol. The lowest BCUT2D eigenvalue weighted by Crippen LogP contribution is -2.45.